The molecule has 2 aromatic rings. The van der Waals surface area contributed by atoms with Crippen molar-refractivity contribution in [2.75, 3.05) is 11.9 Å². The molecule has 0 aliphatic carbocycles. The fourth-order valence-corrected chi connectivity index (χ4v) is 1.97. The van der Waals surface area contributed by atoms with Gasteiger partial charge in [0, 0.05) is 28.7 Å². The van der Waals surface area contributed by atoms with Crippen LogP contribution in [0.1, 0.15) is 5.82 Å². The van der Waals surface area contributed by atoms with E-state index in [-0.39, 0.29) is 6.03 Å². The van der Waals surface area contributed by atoms with Crippen LogP contribution in [0.3, 0.4) is 0 Å². The van der Waals surface area contributed by atoms with Crippen LogP contribution in [0.25, 0.3) is 0 Å². The second-order valence-corrected chi connectivity index (χ2v) is 4.59. The van der Waals surface area contributed by atoms with E-state index in [0.29, 0.717) is 34.5 Å². The Labute approximate surface area is 119 Å². The normalized spacial score (nSPS) is 10.2. The van der Waals surface area contributed by atoms with E-state index in [1.54, 1.807) is 18.2 Å². The van der Waals surface area contributed by atoms with Crippen molar-refractivity contribution < 1.29 is 4.79 Å². The fraction of sp³-hybridized carbons (Fsp3) is 0.182. The second kappa shape index (κ2) is 6.40. The molecular weight excluding hydrogens is 289 g/mol. The Balaban J connectivity index is 1.80. The predicted molar refractivity (Wildman–Crippen MR) is 73.6 cm³/mol. The van der Waals surface area contributed by atoms with Gasteiger partial charge in [-0.2, -0.15) is 5.10 Å². The van der Waals surface area contributed by atoms with Gasteiger partial charge in [0.1, 0.15) is 12.2 Å². The zero-order chi connectivity index (χ0) is 13.7. The zero-order valence-corrected chi connectivity index (χ0v) is 11.3. The number of amides is 2. The molecule has 0 atom stereocenters. The summed E-state index contributed by atoms with van der Waals surface area (Å²) >= 11 is 11.7. The third-order valence-electron chi connectivity index (χ3n) is 2.23. The van der Waals surface area contributed by atoms with Crippen LogP contribution >= 0.6 is 23.2 Å². The standard InChI is InChI=1S/C11H11Cl2N5O/c12-7-3-8(13)5-9(4-7)17-11(19)14-2-1-10-15-6-16-18-10/h3-6H,1-2H2,(H2,14,17,19)(H,15,16,18). The van der Waals surface area contributed by atoms with Crippen LogP contribution in [0.4, 0.5) is 10.5 Å². The van der Waals surface area contributed by atoms with E-state index in [1.807, 2.05) is 0 Å². The summed E-state index contributed by atoms with van der Waals surface area (Å²) in [4.78, 5) is 15.6. The SMILES string of the molecule is O=C(NCCc1ncn[nH]1)Nc1cc(Cl)cc(Cl)c1. The Bertz CT molecular complexity index is 538. The van der Waals surface area contributed by atoms with E-state index >= 15 is 0 Å². The first-order valence-corrected chi connectivity index (χ1v) is 6.24. The number of carbonyl (C=O) groups is 1. The van der Waals surface area contributed by atoms with Crippen LogP contribution in [0, 0.1) is 0 Å². The van der Waals surface area contributed by atoms with Crippen molar-refractivity contribution >= 4 is 34.9 Å². The largest absolute Gasteiger partial charge is 0.337 e. The smallest absolute Gasteiger partial charge is 0.319 e. The lowest BCUT2D eigenvalue weighted by atomic mass is 10.3. The number of rotatable bonds is 4. The van der Waals surface area contributed by atoms with Gasteiger partial charge < -0.3 is 10.6 Å². The van der Waals surface area contributed by atoms with Crippen LogP contribution in [0.2, 0.25) is 10.0 Å². The zero-order valence-electron chi connectivity index (χ0n) is 9.78. The van der Waals surface area contributed by atoms with Crippen molar-refractivity contribution in [2.45, 2.75) is 6.42 Å². The van der Waals surface area contributed by atoms with Crippen LogP contribution in [0.5, 0.6) is 0 Å². The first kappa shape index (κ1) is 13.6. The maximum absolute atomic E-state index is 11.6. The van der Waals surface area contributed by atoms with Crippen molar-refractivity contribution in [2.24, 2.45) is 0 Å². The molecule has 0 bridgehead atoms. The molecule has 0 aliphatic heterocycles. The molecule has 0 fully saturated rings. The number of aromatic amines is 1. The molecule has 0 radical (unpaired) electrons. The maximum Gasteiger partial charge on any atom is 0.319 e. The minimum absolute atomic E-state index is 0.335. The number of carbonyl (C=O) groups excluding carboxylic acids is 1. The summed E-state index contributed by atoms with van der Waals surface area (Å²) < 4.78 is 0. The number of anilines is 1. The molecule has 19 heavy (non-hydrogen) atoms. The molecule has 100 valence electrons. The van der Waals surface area contributed by atoms with Crippen LogP contribution < -0.4 is 10.6 Å². The van der Waals surface area contributed by atoms with Gasteiger partial charge in [0.2, 0.25) is 0 Å². The first-order chi connectivity index (χ1) is 9.13. The number of hydrogen-bond acceptors (Lipinski definition) is 3. The molecule has 0 aliphatic rings. The highest BCUT2D eigenvalue weighted by atomic mass is 35.5. The summed E-state index contributed by atoms with van der Waals surface area (Å²) in [5.74, 6) is 0.714. The van der Waals surface area contributed by atoms with Crippen molar-refractivity contribution in [3.63, 3.8) is 0 Å². The van der Waals surface area contributed by atoms with E-state index in [1.165, 1.54) is 6.33 Å². The fourth-order valence-electron chi connectivity index (χ4n) is 1.45. The highest BCUT2D eigenvalue weighted by Crippen LogP contribution is 2.22. The molecule has 3 N–H and O–H groups in total. The third kappa shape index (κ3) is 4.42. The van der Waals surface area contributed by atoms with E-state index in [9.17, 15) is 4.79 Å². The van der Waals surface area contributed by atoms with Gasteiger partial charge in [-0.3, -0.25) is 5.10 Å². The van der Waals surface area contributed by atoms with Crippen LogP contribution in [-0.2, 0) is 6.42 Å². The van der Waals surface area contributed by atoms with Gasteiger partial charge in [0.25, 0.3) is 0 Å². The second-order valence-electron chi connectivity index (χ2n) is 3.72. The van der Waals surface area contributed by atoms with Gasteiger partial charge in [0.15, 0.2) is 0 Å². The van der Waals surface area contributed by atoms with E-state index in [2.05, 4.69) is 25.8 Å². The van der Waals surface area contributed by atoms with Crippen LogP contribution in [0.15, 0.2) is 24.5 Å². The summed E-state index contributed by atoms with van der Waals surface area (Å²) in [6.45, 7) is 0.440. The van der Waals surface area contributed by atoms with Gasteiger partial charge in [-0.1, -0.05) is 23.2 Å². The molecule has 0 unspecified atom stereocenters. The monoisotopic (exact) mass is 299 g/mol. The summed E-state index contributed by atoms with van der Waals surface area (Å²) in [6.07, 6.45) is 1.99. The van der Waals surface area contributed by atoms with Gasteiger partial charge >= 0.3 is 6.03 Å². The summed E-state index contributed by atoms with van der Waals surface area (Å²) in [7, 11) is 0. The number of benzene rings is 1. The highest BCUT2D eigenvalue weighted by Gasteiger charge is 2.04. The minimum Gasteiger partial charge on any atom is -0.337 e. The molecule has 2 rings (SSSR count). The lowest BCUT2D eigenvalue weighted by Crippen LogP contribution is -2.30. The number of nitrogens with zero attached hydrogens (tertiary/aromatic N) is 2. The molecule has 8 heteroatoms. The van der Waals surface area contributed by atoms with Gasteiger partial charge in [-0.05, 0) is 18.2 Å². The molecule has 1 heterocycles. The third-order valence-corrected chi connectivity index (χ3v) is 2.67. The van der Waals surface area contributed by atoms with E-state index in [4.69, 9.17) is 23.2 Å². The number of H-pyrrole nitrogens is 1. The number of nitrogens with one attached hydrogen (secondary N) is 3. The highest BCUT2D eigenvalue weighted by molar-refractivity contribution is 6.35. The quantitative estimate of drug-likeness (QED) is 0.811. The van der Waals surface area contributed by atoms with Gasteiger partial charge in [-0.25, -0.2) is 9.78 Å². The Morgan fingerprint density at radius 3 is 2.63 bits per heavy atom. The Morgan fingerprint density at radius 2 is 2.00 bits per heavy atom. The number of hydrogen-bond donors (Lipinski definition) is 3. The average Bonchev–Trinajstić information content (AvgIpc) is 2.80. The number of halogens is 2. The molecular formula is C11H11Cl2N5O. The van der Waals surface area contributed by atoms with Crippen molar-refractivity contribution in [3.8, 4) is 0 Å². The summed E-state index contributed by atoms with van der Waals surface area (Å²) in [5, 5.41) is 12.7. The van der Waals surface area contributed by atoms with Crippen molar-refractivity contribution in [3.05, 3.63) is 40.4 Å². The molecule has 6 nitrogen and oxygen atoms in total. The topological polar surface area (TPSA) is 82.7 Å². The molecule has 1 aromatic heterocycles. The minimum atomic E-state index is -0.335. The van der Waals surface area contributed by atoms with E-state index < -0.39 is 0 Å². The molecule has 2 amide bonds. The van der Waals surface area contributed by atoms with Crippen molar-refractivity contribution in [1.82, 2.24) is 20.5 Å². The Kier molecular flexibility index (Phi) is 4.59. The maximum atomic E-state index is 11.6. The first-order valence-electron chi connectivity index (χ1n) is 5.48. The molecule has 0 saturated heterocycles. The predicted octanol–water partition coefficient (Wildman–Crippen LogP) is 2.48. The lowest BCUT2D eigenvalue weighted by Gasteiger charge is -2.07. The Hall–Kier alpha value is -1.79. The molecule has 0 spiro atoms. The van der Waals surface area contributed by atoms with Gasteiger partial charge in [0.05, 0.1) is 0 Å². The lowest BCUT2D eigenvalue weighted by molar-refractivity contribution is 0.252. The van der Waals surface area contributed by atoms with E-state index in [0.717, 1.165) is 0 Å². The molecule has 0 saturated carbocycles. The number of aromatic nitrogens is 3. The van der Waals surface area contributed by atoms with Crippen LogP contribution in [-0.4, -0.2) is 27.8 Å². The number of urea groups is 1. The Morgan fingerprint density at radius 1 is 1.26 bits per heavy atom. The summed E-state index contributed by atoms with van der Waals surface area (Å²) in [6, 6.07) is 4.49. The molecule has 1 aromatic carbocycles. The van der Waals surface area contributed by atoms with Gasteiger partial charge in [-0.15, -0.1) is 0 Å². The average molecular weight is 300 g/mol. The summed E-state index contributed by atoms with van der Waals surface area (Å²) in [5.41, 5.74) is 0.537. The van der Waals surface area contributed by atoms with Crippen molar-refractivity contribution in [1.29, 1.82) is 0 Å².